The van der Waals surface area contributed by atoms with Gasteiger partial charge >= 0.3 is 0 Å². The Bertz CT molecular complexity index is 909. The molecule has 0 aliphatic heterocycles. The van der Waals surface area contributed by atoms with Crippen LogP contribution in [0.15, 0.2) is 9.42 Å². The summed E-state index contributed by atoms with van der Waals surface area (Å²) < 4.78 is 11.4. The van der Waals surface area contributed by atoms with Gasteiger partial charge in [-0.05, 0) is 81.7 Å². The van der Waals surface area contributed by atoms with Gasteiger partial charge in [-0.2, -0.15) is 0 Å². The molecule has 0 radical (unpaired) electrons. The average Bonchev–Trinajstić information content (AvgIpc) is 3.38. The largest absolute Gasteiger partial charge is 0.474 e. The fourth-order valence-electron chi connectivity index (χ4n) is 6.53. The summed E-state index contributed by atoms with van der Waals surface area (Å²) >= 11 is 1.59. The van der Waals surface area contributed by atoms with Gasteiger partial charge in [0.15, 0.2) is 0 Å². The third-order valence-corrected chi connectivity index (χ3v) is 9.59. The number of nitrogens with zero attached hydrogens (tertiary/aromatic N) is 1. The van der Waals surface area contributed by atoms with Crippen molar-refractivity contribution in [3.05, 3.63) is 5.76 Å². The summed E-state index contributed by atoms with van der Waals surface area (Å²) in [5.74, 6) is 0.913. The molecule has 4 bridgehead atoms. The van der Waals surface area contributed by atoms with Crippen molar-refractivity contribution in [2.45, 2.75) is 93.4 Å². The van der Waals surface area contributed by atoms with Crippen LogP contribution in [0.1, 0.15) is 82.2 Å². The highest BCUT2D eigenvalue weighted by molar-refractivity contribution is 8.00. The number of rotatable bonds is 8. The van der Waals surface area contributed by atoms with E-state index in [2.05, 4.69) is 10.5 Å². The van der Waals surface area contributed by atoms with E-state index in [4.69, 9.17) is 15.0 Å². The lowest BCUT2D eigenvalue weighted by molar-refractivity contribution is -0.137. The van der Waals surface area contributed by atoms with E-state index in [1.807, 2.05) is 0 Å². The number of hydrogen-bond donors (Lipinski definition) is 3. The molecular weight excluding hydrogens is 442 g/mol. The van der Waals surface area contributed by atoms with Crippen molar-refractivity contribution >= 4 is 23.6 Å². The van der Waals surface area contributed by atoms with Crippen molar-refractivity contribution in [3.8, 4) is 5.88 Å². The number of nitrogens with two attached hydrogens (primary N) is 1. The number of nitrogens with one attached hydrogen (secondary N) is 1. The van der Waals surface area contributed by atoms with E-state index in [1.165, 1.54) is 12.8 Å². The molecule has 2 atom stereocenters. The summed E-state index contributed by atoms with van der Waals surface area (Å²) in [5, 5.41) is 18.5. The third kappa shape index (κ3) is 4.50. The summed E-state index contributed by atoms with van der Waals surface area (Å²) in [6.45, 7) is 3.49. The Labute approximate surface area is 198 Å². The van der Waals surface area contributed by atoms with Gasteiger partial charge in [-0.15, -0.1) is 11.8 Å². The molecule has 1 aromatic rings. The van der Waals surface area contributed by atoms with Crippen molar-refractivity contribution in [2.24, 2.45) is 28.9 Å². The molecule has 5 fully saturated rings. The first-order chi connectivity index (χ1) is 15.6. The minimum atomic E-state index is -0.864. The number of ether oxygens (including phenoxy) is 1. The van der Waals surface area contributed by atoms with Crippen molar-refractivity contribution in [1.29, 1.82) is 0 Å². The maximum atomic E-state index is 13.4. The second-order valence-corrected chi connectivity index (χ2v) is 12.7. The van der Waals surface area contributed by atoms with Gasteiger partial charge in [0.1, 0.15) is 11.5 Å². The predicted octanol–water partition coefficient (Wildman–Crippen LogP) is 3.27. The Kier molecular flexibility index (Phi) is 5.92. The number of hydrogen-bond acceptors (Lipinski definition) is 7. The standard InChI is InChI=1S/C24H35N3O5S/c1-23(2,22(25)29)12-31-21-19(33-16-5-3-4-6-16)18(32-27-21)20(28)26-17-14-7-13-8-15(17)11-24(30,9-13)10-14/h13-17,30H,3-12H2,1-2H3,(H2,25,29)(H,26,28)/t13?,14?,15?,17-,24-. The second kappa shape index (κ2) is 8.48. The lowest BCUT2D eigenvalue weighted by atomic mass is 9.52. The average molecular weight is 478 g/mol. The topological polar surface area (TPSA) is 128 Å². The highest BCUT2D eigenvalue weighted by Crippen LogP contribution is 2.55. The maximum absolute atomic E-state index is 13.4. The SMILES string of the molecule is CC(C)(COc1noc(C(=O)N[C@H]2C3CC4CC2C[C@](O)(C4)C3)c1SC1CCCC1)C(N)=O. The van der Waals surface area contributed by atoms with Gasteiger partial charge < -0.3 is 25.4 Å². The Balaban J connectivity index is 1.34. The van der Waals surface area contributed by atoms with E-state index in [0.717, 1.165) is 44.9 Å². The van der Waals surface area contributed by atoms with Crippen LogP contribution in [0.4, 0.5) is 0 Å². The van der Waals surface area contributed by atoms with E-state index in [-0.39, 0.29) is 30.2 Å². The first-order valence-electron chi connectivity index (χ1n) is 12.3. The number of primary amides is 1. The Morgan fingerprint density at radius 3 is 2.52 bits per heavy atom. The van der Waals surface area contributed by atoms with Crippen molar-refractivity contribution in [1.82, 2.24) is 10.5 Å². The van der Waals surface area contributed by atoms with E-state index in [9.17, 15) is 14.7 Å². The van der Waals surface area contributed by atoms with Crippen molar-refractivity contribution in [2.75, 3.05) is 6.61 Å². The van der Waals surface area contributed by atoms with Crippen LogP contribution in [0.2, 0.25) is 0 Å². The van der Waals surface area contributed by atoms with Gasteiger partial charge in [-0.3, -0.25) is 9.59 Å². The Hall–Kier alpha value is -1.74. The third-order valence-electron chi connectivity index (χ3n) is 8.19. The van der Waals surface area contributed by atoms with Gasteiger partial charge in [0.2, 0.25) is 11.7 Å². The highest BCUT2D eigenvalue weighted by Gasteiger charge is 2.55. The lowest BCUT2D eigenvalue weighted by Gasteiger charge is -2.58. The molecular formula is C24H35N3O5S. The molecule has 182 valence electrons. The number of thioether (sulfide) groups is 1. The molecule has 1 heterocycles. The zero-order chi connectivity index (χ0) is 23.4. The fraction of sp³-hybridized carbons (Fsp3) is 0.792. The summed E-state index contributed by atoms with van der Waals surface area (Å²) in [6, 6.07) is 0.0573. The minimum absolute atomic E-state index is 0.0564. The Morgan fingerprint density at radius 1 is 1.24 bits per heavy atom. The van der Waals surface area contributed by atoms with E-state index >= 15 is 0 Å². The van der Waals surface area contributed by atoms with Gasteiger partial charge in [0.05, 0.1) is 11.0 Å². The minimum Gasteiger partial charge on any atom is -0.474 e. The number of aliphatic hydroxyl groups is 1. The molecule has 5 saturated carbocycles. The van der Waals surface area contributed by atoms with Crippen molar-refractivity contribution in [3.63, 3.8) is 0 Å². The molecule has 5 aliphatic carbocycles. The van der Waals surface area contributed by atoms with E-state index < -0.39 is 16.9 Å². The van der Waals surface area contributed by atoms with E-state index in [0.29, 0.717) is 27.9 Å². The predicted molar refractivity (Wildman–Crippen MR) is 123 cm³/mol. The molecule has 8 nitrogen and oxygen atoms in total. The van der Waals surface area contributed by atoms with Crippen LogP contribution in [0.25, 0.3) is 0 Å². The summed E-state index contributed by atoms with van der Waals surface area (Å²) in [7, 11) is 0. The van der Waals surface area contributed by atoms with Gasteiger partial charge in [-0.1, -0.05) is 12.8 Å². The molecule has 33 heavy (non-hydrogen) atoms. The van der Waals surface area contributed by atoms with Gasteiger partial charge in [-0.25, -0.2) is 0 Å². The lowest BCUT2D eigenvalue weighted by Crippen LogP contribution is -2.61. The second-order valence-electron chi connectivity index (χ2n) is 11.4. The number of carbonyl (C=O) groups is 2. The molecule has 4 N–H and O–H groups in total. The first-order valence-corrected chi connectivity index (χ1v) is 13.1. The van der Waals surface area contributed by atoms with Crippen LogP contribution in [-0.2, 0) is 4.79 Å². The normalized spacial score (nSPS) is 33.4. The molecule has 2 unspecified atom stereocenters. The molecule has 1 aromatic heterocycles. The van der Waals surface area contributed by atoms with Crippen LogP contribution in [0, 0.1) is 23.2 Å². The zero-order valence-electron chi connectivity index (χ0n) is 19.5. The Morgan fingerprint density at radius 2 is 1.91 bits per heavy atom. The molecule has 9 heteroatoms. The number of amides is 2. The highest BCUT2D eigenvalue weighted by atomic mass is 32.2. The summed E-state index contributed by atoms with van der Waals surface area (Å²) in [4.78, 5) is 25.7. The number of aromatic nitrogens is 1. The summed E-state index contributed by atoms with van der Waals surface area (Å²) in [6.07, 6.45) is 9.08. The first kappa shape index (κ1) is 23.0. The zero-order valence-corrected chi connectivity index (χ0v) is 20.3. The molecule has 2 amide bonds. The van der Waals surface area contributed by atoms with Crippen LogP contribution in [-0.4, -0.2) is 45.6 Å². The summed E-state index contributed by atoms with van der Waals surface area (Å²) in [5.41, 5.74) is 4.08. The van der Waals surface area contributed by atoms with Crippen LogP contribution in [0.3, 0.4) is 0 Å². The quantitative estimate of drug-likeness (QED) is 0.524. The smallest absolute Gasteiger partial charge is 0.291 e. The monoisotopic (exact) mass is 477 g/mol. The van der Waals surface area contributed by atoms with E-state index in [1.54, 1.807) is 25.6 Å². The molecule has 0 saturated heterocycles. The van der Waals surface area contributed by atoms with Gasteiger partial charge in [0, 0.05) is 11.3 Å². The molecule has 6 rings (SSSR count). The van der Waals surface area contributed by atoms with Crippen LogP contribution >= 0.6 is 11.8 Å². The van der Waals surface area contributed by atoms with Crippen molar-refractivity contribution < 1.29 is 24.0 Å². The van der Waals surface area contributed by atoms with Crippen LogP contribution in [0.5, 0.6) is 5.88 Å². The molecule has 5 aliphatic rings. The van der Waals surface area contributed by atoms with Crippen LogP contribution < -0.4 is 15.8 Å². The molecule has 0 spiro atoms. The maximum Gasteiger partial charge on any atom is 0.291 e. The van der Waals surface area contributed by atoms with Gasteiger partial charge in [0.25, 0.3) is 11.8 Å². The number of carbonyl (C=O) groups excluding carboxylic acids is 2. The fourth-order valence-corrected chi connectivity index (χ4v) is 7.87. The molecule has 0 aromatic carbocycles.